The van der Waals surface area contributed by atoms with Crippen molar-refractivity contribution in [1.82, 2.24) is 5.32 Å². The van der Waals surface area contributed by atoms with Crippen LogP contribution in [0.15, 0.2) is 0 Å². The molecule has 1 aliphatic rings. The highest BCUT2D eigenvalue weighted by Gasteiger charge is 2.27. The summed E-state index contributed by atoms with van der Waals surface area (Å²) in [6, 6.07) is 0.693. The van der Waals surface area contributed by atoms with Gasteiger partial charge in [-0.3, -0.25) is 0 Å². The van der Waals surface area contributed by atoms with E-state index in [1.165, 1.54) is 32.1 Å². The first-order valence-electron chi connectivity index (χ1n) is 7.84. The van der Waals surface area contributed by atoms with Crippen molar-refractivity contribution in [2.75, 3.05) is 33.5 Å². The highest BCUT2D eigenvalue weighted by Crippen LogP contribution is 2.36. The summed E-state index contributed by atoms with van der Waals surface area (Å²) in [4.78, 5) is 0. The van der Waals surface area contributed by atoms with E-state index in [9.17, 15) is 0 Å². The molecule has 1 rings (SSSR count). The van der Waals surface area contributed by atoms with Gasteiger partial charge in [0.15, 0.2) is 0 Å². The minimum absolute atomic E-state index is 0.470. The average molecular weight is 271 g/mol. The summed E-state index contributed by atoms with van der Waals surface area (Å²) >= 11 is 0. The van der Waals surface area contributed by atoms with Gasteiger partial charge in [0.1, 0.15) is 0 Å². The second-order valence-corrected chi connectivity index (χ2v) is 6.83. The monoisotopic (exact) mass is 271 g/mol. The van der Waals surface area contributed by atoms with Crippen LogP contribution in [-0.4, -0.2) is 39.5 Å². The summed E-state index contributed by atoms with van der Waals surface area (Å²) in [7, 11) is 1.71. The van der Waals surface area contributed by atoms with E-state index in [0.717, 1.165) is 19.1 Å². The van der Waals surface area contributed by atoms with Crippen LogP contribution in [0.1, 0.15) is 52.9 Å². The lowest BCUT2D eigenvalue weighted by Crippen LogP contribution is -2.32. The molecule has 1 saturated carbocycles. The molecule has 0 aromatic carbocycles. The minimum atomic E-state index is 0.470. The van der Waals surface area contributed by atoms with E-state index >= 15 is 0 Å². The molecule has 0 amide bonds. The summed E-state index contributed by atoms with van der Waals surface area (Å²) in [5, 5.41) is 3.64. The third-order valence-corrected chi connectivity index (χ3v) is 4.30. The zero-order chi connectivity index (χ0) is 14.1. The largest absolute Gasteiger partial charge is 0.382 e. The van der Waals surface area contributed by atoms with E-state index in [1.807, 2.05) is 0 Å². The van der Waals surface area contributed by atoms with Gasteiger partial charge >= 0.3 is 0 Å². The topological polar surface area (TPSA) is 30.5 Å². The maximum Gasteiger partial charge on any atom is 0.0700 e. The van der Waals surface area contributed by atoms with Gasteiger partial charge in [0.05, 0.1) is 19.8 Å². The minimum Gasteiger partial charge on any atom is -0.382 e. The zero-order valence-electron chi connectivity index (χ0n) is 13.3. The molecule has 0 radical (unpaired) electrons. The van der Waals surface area contributed by atoms with Crippen molar-refractivity contribution in [3.63, 3.8) is 0 Å². The van der Waals surface area contributed by atoms with Gasteiger partial charge in [0.2, 0.25) is 0 Å². The molecule has 19 heavy (non-hydrogen) atoms. The van der Waals surface area contributed by atoms with Gasteiger partial charge in [-0.15, -0.1) is 0 Å². The lowest BCUT2D eigenvalue weighted by Gasteiger charge is -2.29. The lowest BCUT2D eigenvalue weighted by atomic mass is 9.76. The van der Waals surface area contributed by atoms with Crippen LogP contribution in [-0.2, 0) is 9.47 Å². The van der Waals surface area contributed by atoms with Gasteiger partial charge in [-0.05, 0) is 37.0 Å². The second-order valence-electron chi connectivity index (χ2n) is 6.83. The number of hydrogen-bond acceptors (Lipinski definition) is 3. The van der Waals surface area contributed by atoms with Crippen LogP contribution in [0.4, 0.5) is 0 Å². The van der Waals surface area contributed by atoms with E-state index in [-0.39, 0.29) is 0 Å². The Bertz CT molecular complexity index is 225. The Labute approximate surface area is 119 Å². The van der Waals surface area contributed by atoms with Crippen molar-refractivity contribution in [1.29, 1.82) is 0 Å². The molecule has 114 valence electrons. The predicted octanol–water partition coefficient (Wildman–Crippen LogP) is 3.23. The number of hydrogen-bond donors (Lipinski definition) is 1. The Kier molecular flexibility index (Phi) is 7.96. The van der Waals surface area contributed by atoms with E-state index < -0.39 is 0 Å². The lowest BCUT2D eigenvalue weighted by molar-refractivity contribution is 0.0708. The zero-order valence-corrected chi connectivity index (χ0v) is 13.3. The molecule has 0 bridgehead atoms. The molecule has 0 saturated heterocycles. The molecule has 1 N–H and O–H groups in total. The summed E-state index contributed by atoms with van der Waals surface area (Å²) in [5.74, 6) is 0.886. The Morgan fingerprint density at radius 2 is 1.79 bits per heavy atom. The molecule has 3 heteroatoms. The van der Waals surface area contributed by atoms with Gasteiger partial charge in [-0.1, -0.05) is 27.2 Å². The van der Waals surface area contributed by atoms with Crippen molar-refractivity contribution in [2.45, 2.75) is 58.9 Å². The predicted molar refractivity (Wildman–Crippen MR) is 80.5 cm³/mol. The average Bonchev–Trinajstić information content (AvgIpc) is 2.58. The Morgan fingerprint density at radius 3 is 2.47 bits per heavy atom. The van der Waals surface area contributed by atoms with Crippen LogP contribution >= 0.6 is 0 Å². The second kappa shape index (κ2) is 8.93. The standard InChI is InChI=1S/C16H33NO2/c1-16(2,3)14-6-5-7-15(9-8-14)17-10-11-19-13-12-18-4/h14-15,17H,5-13H2,1-4H3. The molecule has 0 aliphatic heterocycles. The first-order valence-corrected chi connectivity index (χ1v) is 7.84. The molecule has 3 nitrogen and oxygen atoms in total. The Balaban J connectivity index is 2.12. The quantitative estimate of drug-likeness (QED) is 0.569. The van der Waals surface area contributed by atoms with Crippen molar-refractivity contribution in [2.24, 2.45) is 11.3 Å². The van der Waals surface area contributed by atoms with E-state index in [4.69, 9.17) is 9.47 Å². The summed E-state index contributed by atoms with van der Waals surface area (Å²) < 4.78 is 10.4. The molecule has 1 aliphatic carbocycles. The van der Waals surface area contributed by atoms with Gasteiger partial charge in [-0.25, -0.2) is 0 Å². The fourth-order valence-corrected chi connectivity index (χ4v) is 2.95. The molecule has 2 unspecified atom stereocenters. The van der Waals surface area contributed by atoms with E-state index in [2.05, 4.69) is 26.1 Å². The molecule has 0 spiro atoms. The summed E-state index contributed by atoms with van der Waals surface area (Å²) in [5.41, 5.74) is 0.470. The smallest absolute Gasteiger partial charge is 0.0700 e. The number of nitrogens with one attached hydrogen (secondary N) is 1. The van der Waals surface area contributed by atoms with Crippen molar-refractivity contribution < 1.29 is 9.47 Å². The van der Waals surface area contributed by atoms with E-state index in [1.54, 1.807) is 7.11 Å². The van der Waals surface area contributed by atoms with Crippen LogP contribution in [0, 0.1) is 11.3 Å². The Hall–Kier alpha value is -0.120. The summed E-state index contributed by atoms with van der Waals surface area (Å²) in [6.45, 7) is 10.3. The van der Waals surface area contributed by atoms with Crippen LogP contribution in [0.2, 0.25) is 0 Å². The molecular formula is C16H33NO2. The molecule has 0 aromatic rings. The third-order valence-electron chi connectivity index (χ3n) is 4.30. The van der Waals surface area contributed by atoms with Crippen LogP contribution in [0.5, 0.6) is 0 Å². The Morgan fingerprint density at radius 1 is 1.00 bits per heavy atom. The highest BCUT2D eigenvalue weighted by atomic mass is 16.5. The van der Waals surface area contributed by atoms with E-state index in [0.29, 0.717) is 24.7 Å². The van der Waals surface area contributed by atoms with Crippen LogP contribution < -0.4 is 5.32 Å². The van der Waals surface area contributed by atoms with Crippen molar-refractivity contribution in [3.8, 4) is 0 Å². The number of ether oxygens (including phenoxy) is 2. The highest BCUT2D eigenvalue weighted by molar-refractivity contribution is 4.81. The first-order chi connectivity index (χ1) is 9.04. The normalized spacial score (nSPS) is 25.3. The van der Waals surface area contributed by atoms with Gasteiger partial charge in [0.25, 0.3) is 0 Å². The molecule has 2 atom stereocenters. The van der Waals surface area contributed by atoms with Gasteiger partial charge in [-0.2, -0.15) is 0 Å². The fraction of sp³-hybridized carbons (Fsp3) is 1.00. The van der Waals surface area contributed by atoms with Crippen molar-refractivity contribution in [3.05, 3.63) is 0 Å². The molecule has 0 aromatic heterocycles. The molecular weight excluding hydrogens is 238 g/mol. The third kappa shape index (κ3) is 7.28. The molecule has 1 fully saturated rings. The number of methoxy groups -OCH3 is 1. The fourth-order valence-electron chi connectivity index (χ4n) is 2.95. The maximum atomic E-state index is 5.48. The van der Waals surface area contributed by atoms with Gasteiger partial charge in [0, 0.05) is 19.7 Å². The number of rotatable bonds is 7. The SMILES string of the molecule is COCCOCCNC1CCCC(C(C)(C)C)CC1. The first kappa shape index (κ1) is 16.9. The van der Waals surface area contributed by atoms with Crippen LogP contribution in [0.25, 0.3) is 0 Å². The van der Waals surface area contributed by atoms with Crippen LogP contribution in [0.3, 0.4) is 0 Å². The summed E-state index contributed by atoms with van der Waals surface area (Å²) in [6.07, 6.45) is 6.77. The van der Waals surface area contributed by atoms with Gasteiger partial charge < -0.3 is 14.8 Å². The molecule has 0 heterocycles. The van der Waals surface area contributed by atoms with Crippen molar-refractivity contribution >= 4 is 0 Å². The maximum absolute atomic E-state index is 5.48.